The minimum absolute atomic E-state index is 0.0812. The lowest BCUT2D eigenvalue weighted by molar-refractivity contribution is 0.0676. The largest absolute Gasteiger partial charge is 0.337 e. The maximum absolute atomic E-state index is 12.9. The van der Waals surface area contributed by atoms with Crippen molar-refractivity contribution in [1.29, 1.82) is 0 Å². The van der Waals surface area contributed by atoms with Crippen molar-refractivity contribution in [1.82, 2.24) is 14.8 Å². The van der Waals surface area contributed by atoms with Crippen LogP contribution in [-0.2, 0) is 6.54 Å². The Morgan fingerprint density at radius 3 is 2.56 bits per heavy atom. The van der Waals surface area contributed by atoms with Crippen molar-refractivity contribution in [3.05, 3.63) is 65.5 Å². The van der Waals surface area contributed by atoms with Gasteiger partial charge >= 0.3 is 0 Å². The number of carbonyl (C=O) groups is 2. The summed E-state index contributed by atoms with van der Waals surface area (Å²) < 4.78 is 0. The second-order valence-electron chi connectivity index (χ2n) is 7.21. The molecule has 27 heavy (non-hydrogen) atoms. The maximum atomic E-state index is 12.9. The van der Waals surface area contributed by atoms with Crippen molar-refractivity contribution >= 4 is 11.8 Å². The molecule has 1 saturated heterocycles. The summed E-state index contributed by atoms with van der Waals surface area (Å²) in [6, 6.07) is 15.0. The fourth-order valence-corrected chi connectivity index (χ4v) is 3.50. The average molecular weight is 365 g/mol. The van der Waals surface area contributed by atoms with Crippen molar-refractivity contribution in [3.8, 4) is 0 Å². The molecule has 1 fully saturated rings. The second kappa shape index (κ2) is 8.80. The van der Waals surface area contributed by atoms with Gasteiger partial charge in [0.1, 0.15) is 11.4 Å². The van der Waals surface area contributed by atoms with Gasteiger partial charge in [0.15, 0.2) is 0 Å². The second-order valence-corrected chi connectivity index (χ2v) is 7.21. The normalized spacial score (nSPS) is 16.8. The maximum Gasteiger partial charge on any atom is 0.272 e. The standard InChI is InChI=1S/C22H27N3O2/c1-3-24(16-18-10-5-4-6-11-18)21(26)19-12-7-13-20(23-19)22(27)25-14-8-9-17(2)15-25/h4-7,10-13,17H,3,8-9,14-16H2,1-2H3. The van der Waals surface area contributed by atoms with Gasteiger partial charge < -0.3 is 9.80 Å². The Balaban J connectivity index is 1.75. The quantitative estimate of drug-likeness (QED) is 0.813. The van der Waals surface area contributed by atoms with Gasteiger partial charge in [0.2, 0.25) is 0 Å². The van der Waals surface area contributed by atoms with Crippen LogP contribution in [0.4, 0.5) is 0 Å². The minimum Gasteiger partial charge on any atom is -0.337 e. The number of piperidine rings is 1. The Labute approximate surface area is 161 Å². The molecule has 1 aliphatic heterocycles. The summed E-state index contributed by atoms with van der Waals surface area (Å²) in [6.07, 6.45) is 2.17. The molecule has 2 amide bonds. The van der Waals surface area contributed by atoms with E-state index in [-0.39, 0.29) is 11.8 Å². The van der Waals surface area contributed by atoms with E-state index in [4.69, 9.17) is 0 Å². The third-order valence-electron chi connectivity index (χ3n) is 5.02. The van der Waals surface area contributed by atoms with Gasteiger partial charge in [-0.05, 0) is 43.4 Å². The number of rotatable bonds is 5. The fourth-order valence-electron chi connectivity index (χ4n) is 3.50. The molecule has 2 heterocycles. The first-order valence-electron chi connectivity index (χ1n) is 9.68. The lowest BCUT2D eigenvalue weighted by Gasteiger charge is -2.30. The lowest BCUT2D eigenvalue weighted by atomic mass is 10.00. The summed E-state index contributed by atoms with van der Waals surface area (Å²) in [5.41, 5.74) is 1.75. The molecule has 1 unspecified atom stereocenters. The fraction of sp³-hybridized carbons (Fsp3) is 0.409. The van der Waals surface area contributed by atoms with Crippen molar-refractivity contribution in [2.24, 2.45) is 5.92 Å². The number of hydrogen-bond donors (Lipinski definition) is 0. The number of pyridine rings is 1. The number of aromatic nitrogens is 1. The van der Waals surface area contributed by atoms with E-state index < -0.39 is 0 Å². The van der Waals surface area contributed by atoms with Crippen molar-refractivity contribution in [2.45, 2.75) is 33.2 Å². The van der Waals surface area contributed by atoms with Crippen LogP contribution in [-0.4, -0.2) is 46.2 Å². The van der Waals surface area contributed by atoms with E-state index in [1.807, 2.05) is 42.2 Å². The zero-order valence-corrected chi connectivity index (χ0v) is 16.1. The zero-order chi connectivity index (χ0) is 19.2. The van der Waals surface area contributed by atoms with Crippen LogP contribution in [0.5, 0.6) is 0 Å². The molecule has 1 atom stereocenters. The first-order valence-corrected chi connectivity index (χ1v) is 9.68. The van der Waals surface area contributed by atoms with E-state index in [0.717, 1.165) is 31.5 Å². The van der Waals surface area contributed by atoms with E-state index in [2.05, 4.69) is 11.9 Å². The predicted molar refractivity (Wildman–Crippen MR) is 105 cm³/mol. The summed E-state index contributed by atoms with van der Waals surface area (Å²) in [6.45, 7) is 6.74. The third-order valence-corrected chi connectivity index (χ3v) is 5.02. The molecule has 1 aromatic carbocycles. The number of nitrogens with zero attached hydrogens (tertiary/aromatic N) is 3. The van der Waals surface area contributed by atoms with Crippen LogP contribution < -0.4 is 0 Å². The molecule has 1 aromatic heterocycles. The summed E-state index contributed by atoms with van der Waals surface area (Å²) in [4.78, 5) is 33.7. The number of amides is 2. The highest BCUT2D eigenvalue weighted by atomic mass is 16.2. The molecular formula is C22H27N3O2. The SMILES string of the molecule is CCN(Cc1ccccc1)C(=O)c1cccc(C(=O)N2CCCC(C)C2)n1. The van der Waals surface area contributed by atoms with Gasteiger partial charge in [-0.3, -0.25) is 9.59 Å². The minimum atomic E-state index is -0.150. The van der Waals surface area contributed by atoms with E-state index in [0.29, 0.717) is 30.4 Å². The van der Waals surface area contributed by atoms with Gasteiger partial charge in [-0.25, -0.2) is 4.98 Å². The number of hydrogen-bond acceptors (Lipinski definition) is 3. The first kappa shape index (κ1) is 19.1. The monoisotopic (exact) mass is 365 g/mol. The Morgan fingerprint density at radius 2 is 1.85 bits per heavy atom. The van der Waals surface area contributed by atoms with E-state index in [1.165, 1.54) is 0 Å². The Morgan fingerprint density at radius 1 is 1.11 bits per heavy atom. The number of benzene rings is 1. The average Bonchev–Trinajstić information content (AvgIpc) is 2.72. The van der Waals surface area contributed by atoms with Gasteiger partial charge in [0.05, 0.1) is 0 Å². The molecule has 5 nitrogen and oxygen atoms in total. The molecule has 2 aromatic rings. The molecule has 0 bridgehead atoms. The van der Waals surface area contributed by atoms with E-state index in [1.54, 1.807) is 23.1 Å². The van der Waals surface area contributed by atoms with Crippen LogP contribution in [0.2, 0.25) is 0 Å². The highest BCUT2D eigenvalue weighted by Gasteiger charge is 2.24. The summed E-state index contributed by atoms with van der Waals surface area (Å²) in [7, 11) is 0. The molecule has 0 spiro atoms. The molecule has 0 aliphatic carbocycles. The Kier molecular flexibility index (Phi) is 6.22. The molecule has 0 saturated carbocycles. The topological polar surface area (TPSA) is 53.5 Å². The van der Waals surface area contributed by atoms with Crippen LogP contribution >= 0.6 is 0 Å². The van der Waals surface area contributed by atoms with Crippen LogP contribution in [0.3, 0.4) is 0 Å². The predicted octanol–water partition coefficient (Wildman–Crippen LogP) is 3.62. The van der Waals surface area contributed by atoms with E-state index in [9.17, 15) is 9.59 Å². The Bertz CT molecular complexity index is 791. The van der Waals surface area contributed by atoms with Crippen molar-refractivity contribution in [2.75, 3.05) is 19.6 Å². The van der Waals surface area contributed by atoms with E-state index >= 15 is 0 Å². The number of carbonyl (C=O) groups excluding carboxylic acids is 2. The zero-order valence-electron chi connectivity index (χ0n) is 16.1. The molecule has 5 heteroatoms. The Hall–Kier alpha value is -2.69. The molecule has 0 radical (unpaired) electrons. The van der Waals surface area contributed by atoms with Gasteiger partial charge in [-0.2, -0.15) is 0 Å². The highest BCUT2D eigenvalue weighted by Crippen LogP contribution is 2.18. The lowest BCUT2D eigenvalue weighted by Crippen LogP contribution is -2.39. The van der Waals surface area contributed by atoms with Crippen molar-refractivity contribution in [3.63, 3.8) is 0 Å². The van der Waals surface area contributed by atoms with Crippen molar-refractivity contribution < 1.29 is 9.59 Å². The highest BCUT2D eigenvalue weighted by molar-refractivity contribution is 5.96. The molecule has 1 aliphatic rings. The van der Waals surface area contributed by atoms with Gasteiger partial charge in [0.25, 0.3) is 11.8 Å². The van der Waals surface area contributed by atoms with Crippen LogP contribution in [0.25, 0.3) is 0 Å². The van der Waals surface area contributed by atoms with Gasteiger partial charge in [0, 0.05) is 26.2 Å². The summed E-state index contributed by atoms with van der Waals surface area (Å²) >= 11 is 0. The van der Waals surface area contributed by atoms with Crippen LogP contribution in [0.1, 0.15) is 53.2 Å². The molecule has 3 rings (SSSR count). The molecule has 142 valence electrons. The third kappa shape index (κ3) is 4.73. The summed E-state index contributed by atoms with van der Waals surface area (Å²) in [5, 5.41) is 0. The molecular weight excluding hydrogens is 338 g/mol. The molecule has 0 N–H and O–H groups in total. The van der Waals surface area contributed by atoms with Gasteiger partial charge in [-0.15, -0.1) is 0 Å². The summed E-state index contributed by atoms with van der Waals surface area (Å²) in [5.74, 6) is 0.277. The smallest absolute Gasteiger partial charge is 0.272 e. The first-order chi connectivity index (χ1) is 13.1. The number of likely N-dealkylation sites (tertiary alicyclic amines) is 1. The van der Waals surface area contributed by atoms with Gasteiger partial charge in [-0.1, -0.05) is 43.3 Å². The van der Waals surface area contributed by atoms with Crippen LogP contribution in [0.15, 0.2) is 48.5 Å². The van der Waals surface area contributed by atoms with Crippen LogP contribution in [0, 0.1) is 5.92 Å².